The van der Waals surface area contributed by atoms with Crippen molar-refractivity contribution in [2.75, 3.05) is 38.3 Å². The van der Waals surface area contributed by atoms with Crippen molar-refractivity contribution in [3.05, 3.63) is 42.0 Å². The fraction of sp³-hybridized carbons (Fsp3) is 0.381. The first kappa shape index (κ1) is 22.3. The Kier molecular flexibility index (Phi) is 7.14. The summed E-state index contributed by atoms with van der Waals surface area (Å²) in [5.74, 6) is 0.729. The van der Waals surface area contributed by atoms with Gasteiger partial charge in [-0.2, -0.15) is 0 Å². The number of amides is 1. The Balaban J connectivity index is 1.95. The van der Waals surface area contributed by atoms with Crippen molar-refractivity contribution in [1.82, 2.24) is 4.90 Å². The number of nitrogens with one attached hydrogen (secondary N) is 1. The second-order valence-corrected chi connectivity index (χ2v) is 9.42. The van der Waals surface area contributed by atoms with Crippen LogP contribution in [0.3, 0.4) is 0 Å². The van der Waals surface area contributed by atoms with E-state index in [-0.39, 0.29) is 16.5 Å². The summed E-state index contributed by atoms with van der Waals surface area (Å²) in [6.07, 6.45) is 4.92. The van der Waals surface area contributed by atoms with Gasteiger partial charge >= 0.3 is 0 Å². The molecular weight excluding hydrogens is 424 g/mol. The van der Waals surface area contributed by atoms with Crippen LogP contribution in [-0.4, -0.2) is 52.8 Å². The van der Waals surface area contributed by atoms with E-state index in [1.807, 2.05) is 6.26 Å². The van der Waals surface area contributed by atoms with E-state index in [0.29, 0.717) is 30.2 Å². The van der Waals surface area contributed by atoms with E-state index in [4.69, 9.17) is 9.47 Å². The maximum Gasteiger partial charge on any atom is 0.262 e. The number of hydrogen-bond acceptors (Lipinski definition) is 6. The molecule has 3 rings (SSSR count). The van der Waals surface area contributed by atoms with Crippen LogP contribution < -0.4 is 14.2 Å². The van der Waals surface area contributed by atoms with Crippen molar-refractivity contribution in [2.24, 2.45) is 0 Å². The Morgan fingerprint density at radius 2 is 1.77 bits per heavy atom. The zero-order valence-electron chi connectivity index (χ0n) is 17.3. The molecule has 162 valence electrons. The maximum atomic E-state index is 13.1. The molecule has 0 radical (unpaired) electrons. The van der Waals surface area contributed by atoms with E-state index in [9.17, 15) is 13.2 Å². The molecule has 9 heteroatoms. The third kappa shape index (κ3) is 4.84. The van der Waals surface area contributed by atoms with Gasteiger partial charge in [0.25, 0.3) is 15.9 Å². The lowest BCUT2D eigenvalue weighted by molar-refractivity contribution is 0.0720. The number of thioether (sulfide) groups is 1. The van der Waals surface area contributed by atoms with E-state index in [0.717, 1.165) is 24.2 Å². The van der Waals surface area contributed by atoms with E-state index in [1.165, 1.54) is 38.1 Å². The molecule has 2 aromatic rings. The zero-order chi connectivity index (χ0) is 21.7. The molecule has 1 saturated heterocycles. The lowest BCUT2D eigenvalue weighted by Crippen LogP contribution is -2.36. The smallest absolute Gasteiger partial charge is 0.262 e. The first-order valence-electron chi connectivity index (χ1n) is 9.61. The summed E-state index contributed by atoms with van der Waals surface area (Å²) in [7, 11) is -0.988. The number of methoxy groups -OCH3 is 2. The van der Waals surface area contributed by atoms with Crippen LogP contribution in [0.15, 0.2) is 46.2 Å². The molecule has 1 N–H and O–H groups in total. The zero-order valence-corrected chi connectivity index (χ0v) is 18.9. The molecule has 7 nitrogen and oxygen atoms in total. The van der Waals surface area contributed by atoms with Crippen LogP contribution in [0.1, 0.15) is 29.6 Å². The number of nitrogens with zero attached hydrogens (tertiary/aromatic N) is 1. The number of sulfonamides is 1. The van der Waals surface area contributed by atoms with E-state index < -0.39 is 10.0 Å². The van der Waals surface area contributed by atoms with Crippen LogP contribution in [0.25, 0.3) is 0 Å². The number of benzene rings is 2. The van der Waals surface area contributed by atoms with Crippen LogP contribution in [0, 0.1) is 0 Å². The number of rotatable bonds is 7. The highest BCUT2D eigenvalue weighted by atomic mass is 32.2. The topological polar surface area (TPSA) is 84.9 Å². The quantitative estimate of drug-likeness (QED) is 0.645. The number of anilines is 1. The molecule has 0 unspecified atom stereocenters. The second kappa shape index (κ2) is 9.61. The molecule has 1 amide bonds. The molecule has 2 aromatic carbocycles. The van der Waals surface area contributed by atoms with Crippen molar-refractivity contribution in [3.8, 4) is 11.5 Å². The highest BCUT2D eigenvalue weighted by Crippen LogP contribution is 2.32. The van der Waals surface area contributed by atoms with Gasteiger partial charge in [0.1, 0.15) is 11.5 Å². The minimum atomic E-state index is -3.95. The Bertz CT molecular complexity index is 1020. The largest absolute Gasteiger partial charge is 0.497 e. The lowest BCUT2D eigenvalue weighted by atomic mass is 10.1. The van der Waals surface area contributed by atoms with Crippen molar-refractivity contribution in [3.63, 3.8) is 0 Å². The molecule has 1 aliphatic rings. The average molecular weight is 451 g/mol. The molecular formula is C21H26N2O5S2. The minimum Gasteiger partial charge on any atom is -0.497 e. The van der Waals surface area contributed by atoms with Crippen molar-refractivity contribution in [1.29, 1.82) is 0 Å². The van der Waals surface area contributed by atoms with Gasteiger partial charge in [0.15, 0.2) is 0 Å². The Morgan fingerprint density at radius 1 is 1.03 bits per heavy atom. The molecule has 30 heavy (non-hydrogen) atoms. The van der Waals surface area contributed by atoms with Gasteiger partial charge in [-0.15, -0.1) is 11.8 Å². The molecule has 1 aliphatic heterocycles. The predicted molar refractivity (Wildman–Crippen MR) is 118 cm³/mol. The number of carbonyl (C=O) groups excluding carboxylic acids is 1. The van der Waals surface area contributed by atoms with Gasteiger partial charge in [-0.05, 0) is 55.9 Å². The number of hydrogen-bond donors (Lipinski definition) is 1. The van der Waals surface area contributed by atoms with E-state index in [1.54, 1.807) is 29.2 Å². The fourth-order valence-electron chi connectivity index (χ4n) is 3.39. The van der Waals surface area contributed by atoms with Crippen LogP contribution in [-0.2, 0) is 10.0 Å². The predicted octanol–water partition coefficient (Wildman–Crippen LogP) is 3.85. The van der Waals surface area contributed by atoms with Gasteiger partial charge in [-0.3, -0.25) is 9.52 Å². The average Bonchev–Trinajstić information content (AvgIpc) is 2.78. The second-order valence-electron chi connectivity index (χ2n) is 6.89. The summed E-state index contributed by atoms with van der Waals surface area (Å²) in [4.78, 5) is 15.6. The molecule has 0 spiro atoms. The SMILES string of the molecule is COc1ccc(OC)c(NS(=O)(=O)c2ccc(SC)c(C(=O)N3CCCCC3)c2)c1. The van der Waals surface area contributed by atoms with Crippen molar-refractivity contribution >= 4 is 33.4 Å². The number of ether oxygens (including phenoxy) is 2. The summed E-state index contributed by atoms with van der Waals surface area (Å²) in [6, 6.07) is 9.50. The van der Waals surface area contributed by atoms with Gasteiger partial charge in [0.05, 0.1) is 30.4 Å². The third-order valence-corrected chi connectivity index (χ3v) is 7.16. The lowest BCUT2D eigenvalue weighted by Gasteiger charge is -2.27. The fourth-order valence-corrected chi connectivity index (χ4v) is 5.04. The monoisotopic (exact) mass is 450 g/mol. The Hall–Kier alpha value is -2.39. The molecule has 0 saturated carbocycles. The van der Waals surface area contributed by atoms with E-state index >= 15 is 0 Å². The van der Waals surface area contributed by atoms with Gasteiger partial charge in [-0.25, -0.2) is 8.42 Å². The Labute approximate surface area is 181 Å². The van der Waals surface area contributed by atoms with Crippen molar-refractivity contribution in [2.45, 2.75) is 29.1 Å². The molecule has 0 aromatic heterocycles. The van der Waals surface area contributed by atoms with Crippen LogP contribution in [0.2, 0.25) is 0 Å². The first-order valence-corrected chi connectivity index (χ1v) is 12.3. The van der Waals surface area contributed by atoms with Gasteiger partial charge in [0.2, 0.25) is 0 Å². The highest BCUT2D eigenvalue weighted by molar-refractivity contribution is 7.98. The number of carbonyl (C=O) groups is 1. The molecule has 0 bridgehead atoms. The molecule has 0 atom stereocenters. The molecule has 1 fully saturated rings. The summed E-state index contributed by atoms with van der Waals surface area (Å²) in [5, 5.41) is 0. The van der Waals surface area contributed by atoms with Crippen LogP contribution >= 0.6 is 11.8 Å². The third-order valence-electron chi connectivity index (χ3n) is 5.01. The maximum absolute atomic E-state index is 13.1. The van der Waals surface area contributed by atoms with Gasteiger partial charge in [0, 0.05) is 24.1 Å². The number of piperidine rings is 1. The van der Waals surface area contributed by atoms with Crippen LogP contribution in [0.5, 0.6) is 11.5 Å². The highest BCUT2D eigenvalue weighted by Gasteiger charge is 2.24. The Morgan fingerprint density at radius 3 is 2.40 bits per heavy atom. The van der Waals surface area contributed by atoms with Gasteiger partial charge < -0.3 is 14.4 Å². The summed E-state index contributed by atoms with van der Waals surface area (Å²) >= 11 is 1.42. The minimum absolute atomic E-state index is 0.0190. The van der Waals surface area contributed by atoms with Crippen molar-refractivity contribution < 1.29 is 22.7 Å². The van der Waals surface area contributed by atoms with E-state index in [2.05, 4.69) is 4.72 Å². The van der Waals surface area contributed by atoms with Gasteiger partial charge in [-0.1, -0.05) is 0 Å². The normalized spacial score (nSPS) is 14.3. The first-order chi connectivity index (χ1) is 14.4. The summed E-state index contributed by atoms with van der Waals surface area (Å²) < 4.78 is 39.1. The molecule has 1 heterocycles. The standard InChI is InChI=1S/C21H26N2O5S2/c1-27-15-7-9-19(28-2)18(13-15)22-30(25,26)16-8-10-20(29-3)17(14-16)21(24)23-11-5-4-6-12-23/h7-10,13-14,22H,4-6,11-12H2,1-3H3. The number of likely N-dealkylation sites (tertiary alicyclic amines) is 1. The summed E-state index contributed by atoms with van der Waals surface area (Å²) in [5.41, 5.74) is 0.666. The van der Waals surface area contributed by atoms with Crippen LogP contribution in [0.4, 0.5) is 5.69 Å². The summed E-state index contributed by atoms with van der Waals surface area (Å²) in [6.45, 7) is 1.39. The molecule has 0 aliphatic carbocycles.